The first-order valence-corrected chi connectivity index (χ1v) is 6.66. The van der Waals surface area contributed by atoms with Gasteiger partial charge in [0.15, 0.2) is 6.61 Å². The van der Waals surface area contributed by atoms with E-state index < -0.39 is 0 Å². The molecule has 0 atom stereocenters. The van der Waals surface area contributed by atoms with E-state index >= 15 is 0 Å². The molecular formula is C14H19N3O2. The fourth-order valence-corrected chi connectivity index (χ4v) is 2.45. The Morgan fingerprint density at radius 2 is 2.21 bits per heavy atom. The van der Waals surface area contributed by atoms with Gasteiger partial charge in [-0.05, 0) is 38.1 Å². The van der Waals surface area contributed by atoms with Gasteiger partial charge in [0, 0.05) is 24.2 Å². The molecule has 19 heavy (non-hydrogen) atoms. The van der Waals surface area contributed by atoms with Crippen LogP contribution < -0.4 is 20.7 Å². The van der Waals surface area contributed by atoms with E-state index in [4.69, 9.17) is 4.74 Å². The van der Waals surface area contributed by atoms with Gasteiger partial charge in [0.1, 0.15) is 5.75 Å². The first-order chi connectivity index (χ1) is 9.21. The topological polar surface area (TPSA) is 62.4 Å². The molecule has 0 saturated heterocycles. The summed E-state index contributed by atoms with van der Waals surface area (Å²) in [5.74, 6) is 0.639. The highest BCUT2D eigenvalue weighted by Gasteiger charge is 2.41. The second kappa shape index (κ2) is 4.74. The number of carbonyl (C=O) groups excluding carboxylic acids is 1. The summed E-state index contributed by atoms with van der Waals surface area (Å²) in [6, 6.07) is 5.82. The predicted molar refractivity (Wildman–Crippen MR) is 74.7 cm³/mol. The Labute approximate surface area is 112 Å². The largest absolute Gasteiger partial charge is 0.482 e. The molecule has 1 heterocycles. The van der Waals surface area contributed by atoms with E-state index in [2.05, 4.69) is 16.0 Å². The van der Waals surface area contributed by atoms with Crippen molar-refractivity contribution < 1.29 is 9.53 Å². The minimum absolute atomic E-state index is 0.0986. The van der Waals surface area contributed by atoms with Crippen LogP contribution in [0.15, 0.2) is 18.2 Å². The average Bonchev–Trinajstić information content (AvgIpc) is 3.17. The zero-order chi connectivity index (χ0) is 13.3. The molecule has 0 radical (unpaired) electrons. The Hall–Kier alpha value is -1.75. The van der Waals surface area contributed by atoms with E-state index in [9.17, 15) is 4.79 Å². The van der Waals surface area contributed by atoms with Crippen molar-refractivity contribution in [2.75, 3.05) is 37.4 Å². The van der Waals surface area contributed by atoms with Crippen LogP contribution in [-0.4, -0.2) is 32.7 Å². The minimum atomic E-state index is -0.0986. The number of nitrogens with one attached hydrogen (secondary N) is 3. The van der Waals surface area contributed by atoms with Gasteiger partial charge < -0.3 is 20.7 Å². The molecule has 1 aromatic carbocycles. The Bertz CT molecular complexity index is 497. The number of carbonyl (C=O) groups is 1. The molecule has 1 aliphatic heterocycles. The van der Waals surface area contributed by atoms with Crippen LogP contribution >= 0.6 is 0 Å². The molecule has 0 aromatic heterocycles. The van der Waals surface area contributed by atoms with Crippen molar-refractivity contribution in [1.82, 2.24) is 5.32 Å². The summed E-state index contributed by atoms with van der Waals surface area (Å²) in [5.41, 5.74) is 2.18. The Kier molecular flexibility index (Phi) is 3.06. The Morgan fingerprint density at radius 3 is 2.95 bits per heavy atom. The lowest BCUT2D eigenvalue weighted by atomic mass is 10.1. The first kappa shape index (κ1) is 12.3. The van der Waals surface area contributed by atoms with Gasteiger partial charge in [-0.15, -0.1) is 0 Å². The van der Waals surface area contributed by atoms with Crippen LogP contribution in [0.2, 0.25) is 0 Å². The summed E-state index contributed by atoms with van der Waals surface area (Å²) in [6.45, 7) is 2.11. The molecule has 3 rings (SSSR count). The van der Waals surface area contributed by atoms with Crippen molar-refractivity contribution in [3.05, 3.63) is 18.2 Å². The number of hydrogen-bond donors (Lipinski definition) is 3. The van der Waals surface area contributed by atoms with Gasteiger partial charge in [0.25, 0.3) is 5.91 Å². The summed E-state index contributed by atoms with van der Waals surface area (Å²) in [7, 11) is 1.99. The number of fused-ring (bicyclic) bond motifs is 1. The van der Waals surface area contributed by atoms with E-state index in [1.165, 1.54) is 12.8 Å². The number of hydrogen-bond acceptors (Lipinski definition) is 4. The average molecular weight is 261 g/mol. The third-order valence-electron chi connectivity index (χ3n) is 3.79. The van der Waals surface area contributed by atoms with E-state index in [1.807, 2.05) is 25.2 Å². The smallest absolute Gasteiger partial charge is 0.262 e. The number of benzene rings is 1. The molecule has 0 spiro atoms. The van der Waals surface area contributed by atoms with Gasteiger partial charge in [-0.25, -0.2) is 0 Å². The molecule has 1 aliphatic carbocycles. The SMILES string of the molecule is CNCC1(CNc2ccc3c(c2)NC(=O)CO3)CC1. The predicted octanol–water partition coefficient (Wildman–Crippen LogP) is 1.43. The Morgan fingerprint density at radius 1 is 1.37 bits per heavy atom. The molecule has 1 saturated carbocycles. The molecule has 0 unspecified atom stereocenters. The normalized spacial score (nSPS) is 19.1. The monoisotopic (exact) mass is 261 g/mol. The van der Waals surface area contributed by atoms with Crippen LogP contribution in [0.3, 0.4) is 0 Å². The fraction of sp³-hybridized carbons (Fsp3) is 0.500. The zero-order valence-electron chi connectivity index (χ0n) is 11.1. The number of ether oxygens (including phenoxy) is 1. The lowest BCUT2D eigenvalue weighted by Crippen LogP contribution is -2.27. The number of rotatable bonds is 5. The van der Waals surface area contributed by atoms with Crippen molar-refractivity contribution in [2.45, 2.75) is 12.8 Å². The highest BCUT2D eigenvalue weighted by atomic mass is 16.5. The lowest BCUT2D eigenvalue weighted by Gasteiger charge is -2.20. The summed E-state index contributed by atoms with van der Waals surface area (Å²) in [6.07, 6.45) is 2.54. The minimum Gasteiger partial charge on any atom is -0.482 e. The molecule has 1 amide bonds. The van der Waals surface area contributed by atoms with E-state index in [-0.39, 0.29) is 12.5 Å². The van der Waals surface area contributed by atoms with E-state index in [1.54, 1.807) is 0 Å². The standard InChI is InChI=1S/C14H19N3O2/c1-15-8-14(4-5-14)9-16-10-2-3-12-11(6-10)17-13(18)7-19-12/h2-3,6,15-16H,4-5,7-9H2,1H3,(H,17,18). The van der Waals surface area contributed by atoms with E-state index in [0.29, 0.717) is 5.41 Å². The van der Waals surface area contributed by atoms with Crippen LogP contribution in [-0.2, 0) is 4.79 Å². The lowest BCUT2D eigenvalue weighted by molar-refractivity contribution is -0.118. The fourth-order valence-electron chi connectivity index (χ4n) is 2.45. The van der Waals surface area contributed by atoms with Crippen molar-refractivity contribution in [2.24, 2.45) is 5.41 Å². The van der Waals surface area contributed by atoms with Crippen molar-refractivity contribution in [3.8, 4) is 5.75 Å². The van der Waals surface area contributed by atoms with Crippen LogP contribution in [0.4, 0.5) is 11.4 Å². The van der Waals surface area contributed by atoms with Gasteiger partial charge in [-0.1, -0.05) is 0 Å². The third-order valence-corrected chi connectivity index (χ3v) is 3.79. The van der Waals surface area contributed by atoms with Crippen LogP contribution in [0.25, 0.3) is 0 Å². The van der Waals surface area contributed by atoms with Crippen molar-refractivity contribution >= 4 is 17.3 Å². The first-order valence-electron chi connectivity index (χ1n) is 6.66. The quantitative estimate of drug-likeness (QED) is 0.750. The molecule has 3 N–H and O–H groups in total. The maximum absolute atomic E-state index is 11.3. The molecule has 2 aliphatic rings. The summed E-state index contributed by atoms with van der Waals surface area (Å²) < 4.78 is 5.34. The molecular weight excluding hydrogens is 242 g/mol. The van der Waals surface area contributed by atoms with Gasteiger partial charge in [-0.2, -0.15) is 0 Å². The maximum Gasteiger partial charge on any atom is 0.262 e. The summed E-state index contributed by atoms with van der Waals surface area (Å²) >= 11 is 0. The van der Waals surface area contributed by atoms with E-state index in [0.717, 1.165) is 30.2 Å². The molecule has 102 valence electrons. The molecule has 0 bridgehead atoms. The van der Waals surface area contributed by atoms with Crippen molar-refractivity contribution in [3.63, 3.8) is 0 Å². The van der Waals surface area contributed by atoms with Gasteiger partial charge in [0.05, 0.1) is 5.69 Å². The van der Waals surface area contributed by atoms with Crippen LogP contribution in [0.1, 0.15) is 12.8 Å². The number of amides is 1. The van der Waals surface area contributed by atoms with Crippen molar-refractivity contribution in [1.29, 1.82) is 0 Å². The van der Waals surface area contributed by atoms with Gasteiger partial charge in [-0.3, -0.25) is 4.79 Å². The van der Waals surface area contributed by atoms with Gasteiger partial charge in [0.2, 0.25) is 0 Å². The summed E-state index contributed by atoms with van der Waals surface area (Å²) in [5, 5.41) is 9.52. The zero-order valence-corrected chi connectivity index (χ0v) is 11.1. The van der Waals surface area contributed by atoms with Crippen LogP contribution in [0.5, 0.6) is 5.75 Å². The highest BCUT2D eigenvalue weighted by molar-refractivity contribution is 5.96. The molecule has 5 heteroatoms. The maximum atomic E-state index is 11.3. The van der Waals surface area contributed by atoms with Crippen LogP contribution in [0, 0.1) is 5.41 Å². The van der Waals surface area contributed by atoms with Gasteiger partial charge >= 0.3 is 0 Å². The molecule has 1 fully saturated rings. The molecule has 5 nitrogen and oxygen atoms in total. The highest BCUT2D eigenvalue weighted by Crippen LogP contribution is 2.45. The third kappa shape index (κ3) is 2.66. The number of anilines is 2. The summed E-state index contributed by atoms with van der Waals surface area (Å²) in [4.78, 5) is 11.3. The molecule has 1 aromatic rings. The second-order valence-corrected chi connectivity index (χ2v) is 5.43. The Balaban J connectivity index is 1.66. The second-order valence-electron chi connectivity index (χ2n) is 5.43.